The number of hydrogen-bond donors (Lipinski definition) is 0. The van der Waals surface area contributed by atoms with E-state index in [1.165, 1.54) is 6.92 Å². The number of halogens is 1. The Kier molecular flexibility index (Phi) is 12.2. The Bertz CT molecular complexity index is 173. The first-order valence-corrected chi connectivity index (χ1v) is 3.90. The normalized spacial score (nSPS) is 7.23. The number of ether oxygens (including phenoxy) is 1. The zero-order chi connectivity index (χ0) is 9.23. The molecule has 0 unspecified atom stereocenters. The fourth-order valence-corrected chi connectivity index (χ4v) is 0.588. The van der Waals surface area contributed by atoms with Crippen molar-refractivity contribution in [1.29, 1.82) is 0 Å². The molecule has 0 saturated heterocycles. The number of hydrogen-bond acceptors (Lipinski definition) is 2. The molecule has 3 heteroatoms. The van der Waals surface area contributed by atoms with Crippen LogP contribution in [0, 0.1) is 0 Å². The van der Waals surface area contributed by atoms with E-state index in [0.717, 1.165) is 0 Å². The predicted octanol–water partition coefficient (Wildman–Crippen LogP) is 2.68. The van der Waals surface area contributed by atoms with Gasteiger partial charge in [-0.25, -0.2) is 0 Å². The summed E-state index contributed by atoms with van der Waals surface area (Å²) in [5.41, 5.74) is 0. The van der Waals surface area contributed by atoms with Gasteiger partial charge in [-0.3, -0.25) is 4.79 Å². The third-order valence-corrected chi connectivity index (χ3v) is 1.01. The van der Waals surface area contributed by atoms with Crippen LogP contribution in [0.1, 0.15) is 13.8 Å². The lowest BCUT2D eigenvalue weighted by Crippen LogP contribution is -1.95. The second kappa shape index (κ2) is 11.0. The average molecular weight is 203 g/mol. The van der Waals surface area contributed by atoms with Crippen molar-refractivity contribution >= 4 is 18.4 Å². The van der Waals surface area contributed by atoms with Crippen molar-refractivity contribution in [2.45, 2.75) is 13.8 Å². The third-order valence-electron chi connectivity index (χ3n) is 1.01. The summed E-state index contributed by atoms with van der Waals surface area (Å²) < 4.78 is 4.40. The summed E-state index contributed by atoms with van der Waals surface area (Å²) in [6, 6.07) is 12.0. The number of benzene rings is 1. The summed E-state index contributed by atoms with van der Waals surface area (Å²) in [6.07, 6.45) is 0. The second-order valence-electron chi connectivity index (χ2n) is 2.08. The molecule has 0 bridgehead atoms. The molecule has 0 amide bonds. The fraction of sp³-hybridized carbons (Fsp3) is 0.300. The Morgan fingerprint density at radius 3 is 1.46 bits per heavy atom. The van der Waals surface area contributed by atoms with E-state index in [-0.39, 0.29) is 18.4 Å². The van der Waals surface area contributed by atoms with Crippen molar-refractivity contribution in [3.63, 3.8) is 0 Å². The zero-order valence-electron chi connectivity index (χ0n) is 7.90. The summed E-state index contributed by atoms with van der Waals surface area (Å²) in [6.45, 7) is 3.65. The lowest BCUT2D eigenvalue weighted by atomic mass is 10.4. The first kappa shape index (κ1) is 14.5. The molecular formula is C10H15ClO2. The molecule has 1 rings (SSSR count). The van der Waals surface area contributed by atoms with Crippen molar-refractivity contribution in [2.75, 3.05) is 6.61 Å². The SMILES string of the molecule is CCOC(C)=O.Cl.c1ccccc1. The smallest absolute Gasteiger partial charge is 0.302 e. The summed E-state index contributed by atoms with van der Waals surface area (Å²) in [7, 11) is 0. The Morgan fingerprint density at radius 1 is 1.08 bits per heavy atom. The highest BCUT2D eigenvalue weighted by molar-refractivity contribution is 5.85. The maximum Gasteiger partial charge on any atom is 0.302 e. The highest BCUT2D eigenvalue weighted by Crippen LogP contribution is 1.79. The van der Waals surface area contributed by atoms with Crippen LogP contribution < -0.4 is 0 Å². The molecule has 0 aliphatic heterocycles. The van der Waals surface area contributed by atoms with Crippen LogP contribution in [0.5, 0.6) is 0 Å². The van der Waals surface area contributed by atoms with Crippen LogP contribution in [-0.2, 0) is 9.53 Å². The van der Waals surface area contributed by atoms with Crippen LogP contribution in [0.2, 0.25) is 0 Å². The van der Waals surface area contributed by atoms with Crippen LogP contribution in [0.15, 0.2) is 36.4 Å². The minimum Gasteiger partial charge on any atom is -0.466 e. The van der Waals surface area contributed by atoms with Gasteiger partial charge in [-0.1, -0.05) is 36.4 Å². The molecule has 0 spiro atoms. The van der Waals surface area contributed by atoms with E-state index in [2.05, 4.69) is 4.74 Å². The van der Waals surface area contributed by atoms with Gasteiger partial charge in [0.05, 0.1) is 6.61 Å². The minimum absolute atomic E-state index is 0. The van der Waals surface area contributed by atoms with E-state index in [1.54, 1.807) is 6.92 Å². The molecule has 0 heterocycles. The van der Waals surface area contributed by atoms with E-state index in [1.807, 2.05) is 36.4 Å². The molecule has 0 atom stereocenters. The number of carbonyl (C=O) groups excluding carboxylic acids is 1. The van der Waals surface area contributed by atoms with Gasteiger partial charge in [-0.2, -0.15) is 0 Å². The van der Waals surface area contributed by atoms with Crippen LogP contribution in [0.3, 0.4) is 0 Å². The molecule has 0 saturated carbocycles. The second-order valence-corrected chi connectivity index (χ2v) is 2.08. The molecule has 0 fully saturated rings. The van der Waals surface area contributed by atoms with Gasteiger partial charge in [0.15, 0.2) is 0 Å². The molecule has 1 aromatic rings. The van der Waals surface area contributed by atoms with E-state index >= 15 is 0 Å². The molecule has 0 aliphatic rings. The maximum absolute atomic E-state index is 9.82. The van der Waals surface area contributed by atoms with E-state index in [9.17, 15) is 4.79 Å². The molecular weight excluding hydrogens is 188 g/mol. The average Bonchev–Trinajstić information content (AvgIpc) is 2.08. The first-order valence-electron chi connectivity index (χ1n) is 3.90. The molecule has 74 valence electrons. The standard InChI is InChI=1S/C6H6.C4H8O2.ClH/c1-2-4-6-5-3-1;1-3-6-4(2)5;/h1-6H;3H2,1-2H3;1H. The molecule has 0 aliphatic carbocycles. The molecule has 1 aromatic carbocycles. The predicted molar refractivity (Wildman–Crippen MR) is 56.0 cm³/mol. The van der Waals surface area contributed by atoms with Crippen molar-refractivity contribution in [2.24, 2.45) is 0 Å². The number of carbonyl (C=O) groups is 1. The Hall–Kier alpha value is -1.02. The van der Waals surface area contributed by atoms with Crippen molar-refractivity contribution < 1.29 is 9.53 Å². The highest BCUT2D eigenvalue weighted by atomic mass is 35.5. The quantitative estimate of drug-likeness (QED) is 0.655. The van der Waals surface area contributed by atoms with Crippen LogP contribution in [0.25, 0.3) is 0 Å². The Balaban J connectivity index is 0. The third kappa shape index (κ3) is 13.9. The van der Waals surface area contributed by atoms with E-state index < -0.39 is 0 Å². The summed E-state index contributed by atoms with van der Waals surface area (Å²) in [5.74, 6) is -0.211. The van der Waals surface area contributed by atoms with Gasteiger partial charge in [-0.15, -0.1) is 12.4 Å². The van der Waals surface area contributed by atoms with Gasteiger partial charge in [0.2, 0.25) is 0 Å². The van der Waals surface area contributed by atoms with Gasteiger partial charge in [0.25, 0.3) is 0 Å². The fourth-order valence-electron chi connectivity index (χ4n) is 0.588. The summed E-state index contributed by atoms with van der Waals surface area (Å²) in [4.78, 5) is 9.82. The van der Waals surface area contributed by atoms with Crippen LogP contribution >= 0.6 is 12.4 Å². The van der Waals surface area contributed by atoms with E-state index in [4.69, 9.17) is 0 Å². The van der Waals surface area contributed by atoms with E-state index in [0.29, 0.717) is 6.61 Å². The largest absolute Gasteiger partial charge is 0.466 e. The first-order chi connectivity index (χ1) is 5.77. The molecule has 13 heavy (non-hydrogen) atoms. The molecule has 2 nitrogen and oxygen atoms in total. The highest BCUT2D eigenvalue weighted by Gasteiger charge is 1.81. The number of esters is 1. The van der Waals surface area contributed by atoms with Crippen LogP contribution in [-0.4, -0.2) is 12.6 Å². The number of rotatable bonds is 1. The lowest BCUT2D eigenvalue weighted by molar-refractivity contribution is -0.140. The van der Waals surface area contributed by atoms with Gasteiger partial charge < -0.3 is 4.74 Å². The van der Waals surface area contributed by atoms with Gasteiger partial charge >= 0.3 is 5.97 Å². The van der Waals surface area contributed by atoms with Gasteiger partial charge in [0.1, 0.15) is 0 Å². The Morgan fingerprint density at radius 2 is 1.38 bits per heavy atom. The minimum atomic E-state index is -0.211. The lowest BCUT2D eigenvalue weighted by Gasteiger charge is -1.89. The van der Waals surface area contributed by atoms with Gasteiger partial charge in [-0.05, 0) is 6.92 Å². The zero-order valence-corrected chi connectivity index (χ0v) is 8.71. The van der Waals surface area contributed by atoms with Crippen LogP contribution in [0.4, 0.5) is 0 Å². The summed E-state index contributed by atoms with van der Waals surface area (Å²) in [5, 5.41) is 0. The van der Waals surface area contributed by atoms with Crippen molar-refractivity contribution in [1.82, 2.24) is 0 Å². The topological polar surface area (TPSA) is 26.3 Å². The monoisotopic (exact) mass is 202 g/mol. The molecule has 0 N–H and O–H groups in total. The Labute approximate surface area is 85.3 Å². The van der Waals surface area contributed by atoms with Crippen molar-refractivity contribution in [3.8, 4) is 0 Å². The maximum atomic E-state index is 9.82. The van der Waals surface area contributed by atoms with Gasteiger partial charge in [0, 0.05) is 6.92 Å². The molecule has 0 aromatic heterocycles. The molecule has 0 radical (unpaired) electrons. The summed E-state index contributed by atoms with van der Waals surface area (Å²) >= 11 is 0. The van der Waals surface area contributed by atoms with Crippen molar-refractivity contribution in [3.05, 3.63) is 36.4 Å².